The third-order valence-corrected chi connectivity index (χ3v) is 7.64. The van der Waals surface area contributed by atoms with E-state index < -0.39 is 21.7 Å². The van der Waals surface area contributed by atoms with Crippen molar-refractivity contribution in [1.29, 1.82) is 0 Å². The van der Waals surface area contributed by atoms with Crippen LogP contribution in [-0.2, 0) is 21.3 Å². The Hall–Kier alpha value is -4.21. The van der Waals surface area contributed by atoms with E-state index in [1.807, 2.05) is 32.0 Å². The Bertz CT molecular complexity index is 1650. The molecular weight excluding hydrogens is 538 g/mol. The van der Waals surface area contributed by atoms with E-state index in [1.54, 1.807) is 36.4 Å². The smallest absolute Gasteiger partial charge is 0.273 e. The van der Waals surface area contributed by atoms with Gasteiger partial charge in [0.2, 0.25) is 0 Å². The molecule has 0 aliphatic carbocycles. The maximum atomic E-state index is 13.0. The SMILES string of the molecule is Cc1ccc(/C=N/NC(=O)c2cc(Cl)ccc2NC(=O)c2cccc(CS(=O)(=O)Cc3ccco3)c2)cc1C. The number of amides is 2. The molecule has 0 saturated heterocycles. The van der Waals surface area contributed by atoms with Gasteiger partial charge in [0.15, 0.2) is 9.84 Å². The maximum Gasteiger partial charge on any atom is 0.273 e. The summed E-state index contributed by atoms with van der Waals surface area (Å²) in [6, 6.07) is 19.8. The van der Waals surface area contributed by atoms with Crippen molar-refractivity contribution < 1.29 is 22.4 Å². The molecule has 200 valence electrons. The van der Waals surface area contributed by atoms with Crippen molar-refractivity contribution in [1.82, 2.24) is 5.43 Å². The number of hydrogen-bond donors (Lipinski definition) is 2. The highest BCUT2D eigenvalue weighted by Crippen LogP contribution is 2.22. The zero-order chi connectivity index (χ0) is 28.0. The van der Waals surface area contributed by atoms with Crippen molar-refractivity contribution in [2.45, 2.75) is 25.4 Å². The number of rotatable bonds is 9. The van der Waals surface area contributed by atoms with Gasteiger partial charge in [0.1, 0.15) is 11.5 Å². The second-order valence-electron chi connectivity index (χ2n) is 9.00. The molecular formula is C29H26ClN3O5S. The maximum absolute atomic E-state index is 13.0. The summed E-state index contributed by atoms with van der Waals surface area (Å²) in [5.74, 6) is -1.25. The number of halogens is 1. The number of furan rings is 1. The van der Waals surface area contributed by atoms with Crippen LogP contribution in [0.25, 0.3) is 0 Å². The molecule has 0 aliphatic rings. The zero-order valence-corrected chi connectivity index (χ0v) is 22.8. The van der Waals surface area contributed by atoms with Gasteiger partial charge in [0.25, 0.3) is 11.8 Å². The van der Waals surface area contributed by atoms with Gasteiger partial charge in [-0.1, -0.05) is 41.9 Å². The first-order valence-electron chi connectivity index (χ1n) is 11.9. The molecule has 1 aromatic heterocycles. The minimum absolute atomic E-state index is 0.116. The highest BCUT2D eigenvalue weighted by Gasteiger charge is 2.18. The summed E-state index contributed by atoms with van der Waals surface area (Å²) < 4.78 is 30.3. The van der Waals surface area contributed by atoms with E-state index in [0.29, 0.717) is 16.3 Å². The quantitative estimate of drug-likeness (QED) is 0.201. The number of hydrogen-bond acceptors (Lipinski definition) is 6. The highest BCUT2D eigenvalue weighted by atomic mass is 35.5. The Morgan fingerprint density at radius 3 is 2.49 bits per heavy atom. The summed E-state index contributed by atoms with van der Waals surface area (Å²) in [7, 11) is -3.52. The number of carbonyl (C=O) groups excluding carboxylic acids is 2. The predicted molar refractivity (Wildman–Crippen MR) is 152 cm³/mol. The fourth-order valence-electron chi connectivity index (χ4n) is 3.80. The average Bonchev–Trinajstić information content (AvgIpc) is 3.39. The van der Waals surface area contributed by atoms with E-state index in [2.05, 4.69) is 15.8 Å². The van der Waals surface area contributed by atoms with Crippen molar-refractivity contribution in [2.75, 3.05) is 5.32 Å². The molecule has 10 heteroatoms. The Morgan fingerprint density at radius 1 is 0.923 bits per heavy atom. The number of anilines is 1. The average molecular weight is 564 g/mol. The summed E-state index contributed by atoms with van der Waals surface area (Å²) in [5.41, 5.74) is 6.55. The van der Waals surface area contributed by atoms with Crippen molar-refractivity contribution in [3.05, 3.63) is 123 Å². The van der Waals surface area contributed by atoms with Crippen LogP contribution in [-0.4, -0.2) is 26.4 Å². The van der Waals surface area contributed by atoms with E-state index in [1.165, 1.54) is 30.7 Å². The van der Waals surface area contributed by atoms with Crippen LogP contribution in [0, 0.1) is 13.8 Å². The first-order valence-corrected chi connectivity index (χ1v) is 14.1. The predicted octanol–water partition coefficient (Wildman–Crippen LogP) is 5.68. The lowest BCUT2D eigenvalue weighted by Gasteiger charge is -2.11. The number of benzene rings is 3. The van der Waals surface area contributed by atoms with E-state index in [-0.39, 0.29) is 28.3 Å². The minimum Gasteiger partial charge on any atom is -0.468 e. The highest BCUT2D eigenvalue weighted by molar-refractivity contribution is 7.89. The summed E-state index contributed by atoms with van der Waals surface area (Å²) in [5, 5.41) is 7.04. The normalized spacial score (nSPS) is 11.5. The number of aryl methyl sites for hydroxylation is 2. The van der Waals surface area contributed by atoms with Crippen LogP contribution in [0.1, 0.15) is 48.7 Å². The Labute approximate surface area is 231 Å². The molecule has 2 N–H and O–H groups in total. The first kappa shape index (κ1) is 27.8. The number of nitrogens with one attached hydrogen (secondary N) is 2. The molecule has 1 heterocycles. The van der Waals surface area contributed by atoms with Gasteiger partial charge in [-0.3, -0.25) is 9.59 Å². The Balaban J connectivity index is 1.46. The monoisotopic (exact) mass is 563 g/mol. The van der Waals surface area contributed by atoms with Crippen molar-refractivity contribution in [3.63, 3.8) is 0 Å². The van der Waals surface area contributed by atoms with Gasteiger partial charge in [-0.05, 0) is 78.6 Å². The molecule has 4 rings (SSSR count). The molecule has 8 nitrogen and oxygen atoms in total. The molecule has 0 fully saturated rings. The van der Waals surface area contributed by atoms with Gasteiger partial charge >= 0.3 is 0 Å². The molecule has 2 amide bonds. The summed E-state index contributed by atoms with van der Waals surface area (Å²) in [4.78, 5) is 25.9. The second-order valence-corrected chi connectivity index (χ2v) is 11.5. The Kier molecular flexibility index (Phi) is 8.63. The third-order valence-electron chi connectivity index (χ3n) is 5.90. The molecule has 0 aliphatic heterocycles. The first-order chi connectivity index (χ1) is 18.6. The summed E-state index contributed by atoms with van der Waals surface area (Å²) >= 11 is 6.11. The molecule has 0 atom stereocenters. The lowest BCUT2D eigenvalue weighted by atomic mass is 10.1. The van der Waals surface area contributed by atoms with Crippen LogP contribution in [0.4, 0.5) is 5.69 Å². The van der Waals surface area contributed by atoms with Gasteiger partial charge < -0.3 is 9.73 Å². The Morgan fingerprint density at radius 2 is 1.74 bits per heavy atom. The molecule has 0 bridgehead atoms. The molecule has 3 aromatic carbocycles. The lowest BCUT2D eigenvalue weighted by molar-refractivity contribution is 0.0956. The standard InChI is InChI=1S/C29H26ClN3O5S/c1-19-8-9-21(13-20(19)2)16-31-33-29(35)26-15-24(30)10-11-27(26)32-28(34)23-6-3-5-22(14-23)17-39(36,37)18-25-7-4-12-38-25/h3-16H,17-18H2,1-2H3,(H,32,34)(H,33,35)/b31-16+. The second kappa shape index (κ2) is 12.1. The van der Waals surface area contributed by atoms with Gasteiger partial charge in [0.05, 0.1) is 29.5 Å². The van der Waals surface area contributed by atoms with Crippen molar-refractivity contribution in [2.24, 2.45) is 5.10 Å². The van der Waals surface area contributed by atoms with E-state index >= 15 is 0 Å². The number of sulfone groups is 1. The largest absolute Gasteiger partial charge is 0.468 e. The fourth-order valence-corrected chi connectivity index (χ4v) is 5.36. The van der Waals surface area contributed by atoms with Crippen LogP contribution in [0.3, 0.4) is 0 Å². The molecule has 0 saturated carbocycles. The lowest BCUT2D eigenvalue weighted by Crippen LogP contribution is -2.21. The van der Waals surface area contributed by atoms with Crippen molar-refractivity contribution >= 4 is 45.2 Å². The summed E-state index contributed by atoms with van der Waals surface area (Å²) in [6.45, 7) is 4.00. The minimum atomic E-state index is -3.52. The van der Waals surface area contributed by atoms with Gasteiger partial charge in [-0.2, -0.15) is 5.10 Å². The molecule has 0 spiro atoms. The molecule has 39 heavy (non-hydrogen) atoms. The van der Waals surface area contributed by atoms with Crippen LogP contribution in [0.15, 0.2) is 88.6 Å². The van der Waals surface area contributed by atoms with Gasteiger partial charge in [-0.25, -0.2) is 13.8 Å². The van der Waals surface area contributed by atoms with E-state index in [9.17, 15) is 18.0 Å². The van der Waals surface area contributed by atoms with Crippen LogP contribution >= 0.6 is 11.6 Å². The fraction of sp³-hybridized carbons (Fsp3) is 0.138. The van der Waals surface area contributed by atoms with E-state index in [4.69, 9.17) is 16.0 Å². The van der Waals surface area contributed by atoms with E-state index in [0.717, 1.165) is 16.7 Å². The van der Waals surface area contributed by atoms with Crippen LogP contribution in [0.5, 0.6) is 0 Å². The molecule has 0 radical (unpaired) electrons. The van der Waals surface area contributed by atoms with Crippen LogP contribution in [0.2, 0.25) is 5.02 Å². The molecule has 4 aromatic rings. The number of carbonyl (C=O) groups is 2. The number of hydrazone groups is 1. The van der Waals surface area contributed by atoms with Crippen LogP contribution < -0.4 is 10.7 Å². The van der Waals surface area contributed by atoms with Crippen molar-refractivity contribution in [3.8, 4) is 0 Å². The zero-order valence-electron chi connectivity index (χ0n) is 21.3. The third kappa shape index (κ3) is 7.66. The van der Waals surface area contributed by atoms with Gasteiger partial charge in [-0.15, -0.1) is 0 Å². The topological polar surface area (TPSA) is 118 Å². The summed E-state index contributed by atoms with van der Waals surface area (Å²) in [6.07, 6.45) is 2.94. The van der Waals surface area contributed by atoms with Gasteiger partial charge in [0, 0.05) is 10.6 Å². The number of nitrogens with zero attached hydrogens (tertiary/aromatic N) is 1. The molecule has 0 unspecified atom stereocenters.